The van der Waals surface area contributed by atoms with Gasteiger partial charge in [-0.05, 0) is 12.0 Å². The molecular formula is C12H16N2O2. The Morgan fingerprint density at radius 3 is 2.81 bits per heavy atom. The predicted octanol–water partition coefficient (Wildman–Crippen LogP) is 1.08. The van der Waals surface area contributed by atoms with Gasteiger partial charge in [0.05, 0.1) is 6.54 Å². The normalized spacial score (nSPS) is 20.5. The fraction of sp³-hybridized carbons (Fsp3) is 0.500. The fourth-order valence-electron chi connectivity index (χ4n) is 2.06. The molecule has 0 radical (unpaired) electrons. The SMILES string of the molecule is CC1CC(=O)N(CC(=O)c2ccn(C)c2)C1. The van der Waals surface area contributed by atoms with Crippen molar-refractivity contribution < 1.29 is 9.59 Å². The summed E-state index contributed by atoms with van der Waals surface area (Å²) in [5.41, 5.74) is 0.676. The Labute approximate surface area is 94.8 Å². The second kappa shape index (κ2) is 4.12. The molecule has 0 bridgehead atoms. The number of hydrogen-bond donors (Lipinski definition) is 0. The second-order valence-electron chi connectivity index (χ2n) is 4.57. The molecule has 1 amide bonds. The first kappa shape index (κ1) is 10.9. The van der Waals surface area contributed by atoms with Crippen molar-refractivity contribution in [3.05, 3.63) is 24.0 Å². The van der Waals surface area contributed by atoms with Gasteiger partial charge in [0, 0.05) is 38.0 Å². The molecular weight excluding hydrogens is 204 g/mol. The first-order valence-corrected chi connectivity index (χ1v) is 5.49. The molecule has 0 N–H and O–H groups in total. The lowest BCUT2D eigenvalue weighted by molar-refractivity contribution is -0.127. The van der Waals surface area contributed by atoms with E-state index in [1.165, 1.54) is 0 Å². The van der Waals surface area contributed by atoms with Crippen LogP contribution in [0.4, 0.5) is 0 Å². The molecule has 1 aliphatic heterocycles. The number of carbonyl (C=O) groups excluding carboxylic acids is 2. The van der Waals surface area contributed by atoms with Crippen molar-refractivity contribution in [1.82, 2.24) is 9.47 Å². The molecule has 4 nitrogen and oxygen atoms in total. The van der Waals surface area contributed by atoms with Gasteiger partial charge in [-0.2, -0.15) is 0 Å². The first-order valence-electron chi connectivity index (χ1n) is 5.49. The van der Waals surface area contributed by atoms with Crippen LogP contribution in [0.25, 0.3) is 0 Å². The standard InChI is InChI=1S/C12H16N2O2/c1-9-5-12(16)14(6-9)8-11(15)10-3-4-13(2)7-10/h3-4,7,9H,5-6,8H2,1-2H3. The molecule has 0 saturated carbocycles. The van der Waals surface area contributed by atoms with Gasteiger partial charge in [-0.1, -0.05) is 6.92 Å². The number of aryl methyl sites for hydroxylation is 1. The summed E-state index contributed by atoms with van der Waals surface area (Å²) in [6, 6.07) is 1.78. The number of hydrogen-bond acceptors (Lipinski definition) is 2. The molecule has 86 valence electrons. The molecule has 1 fully saturated rings. The minimum absolute atomic E-state index is 0.0167. The summed E-state index contributed by atoms with van der Waals surface area (Å²) < 4.78 is 1.83. The van der Waals surface area contributed by atoms with Crippen LogP contribution in [0.15, 0.2) is 18.5 Å². The van der Waals surface area contributed by atoms with Crippen LogP contribution < -0.4 is 0 Å². The predicted molar refractivity (Wildman–Crippen MR) is 60.1 cm³/mol. The molecule has 4 heteroatoms. The zero-order valence-electron chi connectivity index (χ0n) is 9.64. The van der Waals surface area contributed by atoms with Crippen molar-refractivity contribution in [1.29, 1.82) is 0 Å². The smallest absolute Gasteiger partial charge is 0.223 e. The van der Waals surface area contributed by atoms with Gasteiger partial charge in [0.25, 0.3) is 0 Å². The molecule has 0 aliphatic carbocycles. The summed E-state index contributed by atoms with van der Waals surface area (Å²) in [4.78, 5) is 25.0. The Bertz CT molecular complexity index is 422. The first-order chi connectivity index (χ1) is 7.56. The topological polar surface area (TPSA) is 42.3 Å². The van der Waals surface area contributed by atoms with Crippen molar-refractivity contribution in [2.24, 2.45) is 13.0 Å². The van der Waals surface area contributed by atoms with Crippen LogP contribution in [-0.4, -0.2) is 34.2 Å². The highest BCUT2D eigenvalue weighted by atomic mass is 16.2. The van der Waals surface area contributed by atoms with E-state index in [0.717, 1.165) is 0 Å². The Hall–Kier alpha value is -1.58. The Balaban J connectivity index is 2.00. The van der Waals surface area contributed by atoms with E-state index < -0.39 is 0 Å². The molecule has 1 aromatic rings. The minimum atomic E-state index is 0.0167. The number of aromatic nitrogens is 1. The van der Waals surface area contributed by atoms with Crippen molar-refractivity contribution in [2.75, 3.05) is 13.1 Å². The van der Waals surface area contributed by atoms with E-state index in [0.29, 0.717) is 24.4 Å². The van der Waals surface area contributed by atoms with E-state index in [9.17, 15) is 9.59 Å². The van der Waals surface area contributed by atoms with Crippen LogP contribution in [0.5, 0.6) is 0 Å². The van der Waals surface area contributed by atoms with Crippen LogP contribution in [0.1, 0.15) is 23.7 Å². The summed E-state index contributed by atoms with van der Waals surface area (Å²) in [5, 5.41) is 0. The minimum Gasteiger partial charge on any atom is -0.357 e. The number of amides is 1. The van der Waals surface area contributed by atoms with Gasteiger partial charge in [0.2, 0.25) is 5.91 Å². The molecule has 2 rings (SSSR count). The maximum atomic E-state index is 11.9. The average molecular weight is 220 g/mol. The molecule has 1 saturated heterocycles. The largest absolute Gasteiger partial charge is 0.357 e. The van der Waals surface area contributed by atoms with Crippen molar-refractivity contribution in [3.63, 3.8) is 0 Å². The third kappa shape index (κ3) is 2.15. The Morgan fingerprint density at radius 1 is 1.56 bits per heavy atom. The number of Topliss-reactive ketones (excluding diaryl/α,β-unsaturated/α-hetero) is 1. The highest BCUT2D eigenvalue weighted by Gasteiger charge is 2.28. The second-order valence-corrected chi connectivity index (χ2v) is 4.57. The zero-order valence-corrected chi connectivity index (χ0v) is 9.64. The quantitative estimate of drug-likeness (QED) is 0.715. The highest BCUT2D eigenvalue weighted by Crippen LogP contribution is 2.17. The molecule has 1 aromatic heterocycles. The van der Waals surface area contributed by atoms with Gasteiger partial charge < -0.3 is 9.47 Å². The van der Waals surface area contributed by atoms with E-state index in [1.54, 1.807) is 17.2 Å². The summed E-state index contributed by atoms with van der Waals surface area (Å²) in [7, 11) is 1.87. The lowest BCUT2D eigenvalue weighted by Gasteiger charge is -2.14. The van der Waals surface area contributed by atoms with Crippen molar-refractivity contribution in [3.8, 4) is 0 Å². The third-order valence-electron chi connectivity index (χ3n) is 2.90. The van der Waals surface area contributed by atoms with Crippen LogP contribution in [-0.2, 0) is 11.8 Å². The lowest BCUT2D eigenvalue weighted by atomic mass is 10.2. The van der Waals surface area contributed by atoms with Crippen LogP contribution in [0.2, 0.25) is 0 Å². The van der Waals surface area contributed by atoms with Gasteiger partial charge in [0.15, 0.2) is 5.78 Å². The van der Waals surface area contributed by atoms with E-state index in [4.69, 9.17) is 0 Å². The number of likely N-dealkylation sites (tertiary alicyclic amines) is 1. The molecule has 1 unspecified atom stereocenters. The summed E-state index contributed by atoms with van der Waals surface area (Å²) in [6.07, 6.45) is 4.19. The van der Waals surface area contributed by atoms with E-state index in [2.05, 4.69) is 0 Å². The van der Waals surface area contributed by atoms with Gasteiger partial charge in [0.1, 0.15) is 0 Å². The van der Waals surface area contributed by atoms with Crippen molar-refractivity contribution in [2.45, 2.75) is 13.3 Å². The van der Waals surface area contributed by atoms with Gasteiger partial charge in [-0.3, -0.25) is 9.59 Å². The average Bonchev–Trinajstić information content (AvgIpc) is 2.74. The van der Waals surface area contributed by atoms with E-state index in [-0.39, 0.29) is 18.2 Å². The maximum absolute atomic E-state index is 11.9. The molecule has 2 heterocycles. The van der Waals surface area contributed by atoms with Gasteiger partial charge >= 0.3 is 0 Å². The Kier molecular flexibility index (Phi) is 2.81. The third-order valence-corrected chi connectivity index (χ3v) is 2.90. The van der Waals surface area contributed by atoms with Crippen LogP contribution in [0, 0.1) is 5.92 Å². The van der Waals surface area contributed by atoms with Gasteiger partial charge in [-0.25, -0.2) is 0 Å². The summed E-state index contributed by atoms with van der Waals surface area (Å²) in [6.45, 7) is 2.95. The number of rotatable bonds is 3. The molecule has 1 atom stereocenters. The summed E-state index contributed by atoms with van der Waals surface area (Å²) in [5.74, 6) is 0.482. The van der Waals surface area contributed by atoms with E-state index >= 15 is 0 Å². The van der Waals surface area contributed by atoms with Crippen molar-refractivity contribution >= 4 is 11.7 Å². The van der Waals surface area contributed by atoms with Gasteiger partial charge in [-0.15, -0.1) is 0 Å². The zero-order chi connectivity index (χ0) is 11.7. The molecule has 1 aliphatic rings. The number of carbonyl (C=O) groups is 2. The lowest BCUT2D eigenvalue weighted by Crippen LogP contribution is -2.31. The Morgan fingerprint density at radius 2 is 2.31 bits per heavy atom. The van der Waals surface area contributed by atoms with Crippen LogP contribution >= 0.6 is 0 Å². The van der Waals surface area contributed by atoms with E-state index in [1.807, 2.05) is 24.7 Å². The number of nitrogens with zero attached hydrogens (tertiary/aromatic N) is 2. The molecule has 16 heavy (non-hydrogen) atoms. The monoisotopic (exact) mass is 220 g/mol. The number of ketones is 1. The molecule has 0 spiro atoms. The summed E-state index contributed by atoms with van der Waals surface area (Å²) >= 11 is 0. The molecule has 0 aromatic carbocycles. The van der Waals surface area contributed by atoms with Crippen LogP contribution in [0.3, 0.4) is 0 Å². The highest BCUT2D eigenvalue weighted by molar-refractivity contribution is 5.99. The maximum Gasteiger partial charge on any atom is 0.223 e. The fourth-order valence-corrected chi connectivity index (χ4v) is 2.06.